The van der Waals surface area contributed by atoms with Crippen molar-refractivity contribution in [3.63, 3.8) is 0 Å². The number of amides is 1. The standard InChI is InChI=1S/C11H12F3NO4/c1-17-8-4-3-7(5-9(8)18-2)10(16)15-19-6-11(12,13)14/h3-5H,6H2,1-2H3,(H,15,16). The Bertz CT molecular complexity index is 448. The molecule has 19 heavy (non-hydrogen) atoms. The normalized spacial score (nSPS) is 11.0. The largest absolute Gasteiger partial charge is 0.493 e. The molecule has 0 saturated carbocycles. The smallest absolute Gasteiger partial charge is 0.414 e. The minimum absolute atomic E-state index is 0.0832. The predicted octanol–water partition coefficient (Wildman–Crippen LogP) is 1.93. The van der Waals surface area contributed by atoms with Crippen LogP contribution in [-0.4, -0.2) is 32.9 Å². The third-order valence-electron chi connectivity index (χ3n) is 2.05. The van der Waals surface area contributed by atoms with E-state index in [9.17, 15) is 18.0 Å². The summed E-state index contributed by atoms with van der Waals surface area (Å²) in [6.45, 7) is -1.56. The van der Waals surface area contributed by atoms with Gasteiger partial charge in [0, 0.05) is 5.56 Å². The van der Waals surface area contributed by atoms with Crippen LogP contribution in [0, 0.1) is 0 Å². The molecular weight excluding hydrogens is 267 g/mol. The van der Waals surface area contributed by atoms with Crippen LogP contribution in [0.1, 0.15) is 10.4 Å². The second kappa shape index (κ2) is 6.28. The summed E-state index contributed by atoms with van der Waals surface area (Å²) in [6, 6.07) is 4.15. The molecular formula is C11H12F3NO4. The quantitative estimate of drug-likeness (QED) is 0.837. The van der Waals surface area contributed by atoms with Gasteiger partial charge in [0.15, 0.2) is 18.1 Å². The number of methoxy groups -OCH3 is 2. The van der Waals surface area contributed by atoms with Gasteiger partial charge in [-0.3, -0.25) is 9.63 Å². The van der Waals surface area contributed by atoms with Crippen molar-refractivity contribution in [2.45, 2.75) is 6.18 Å². The van der Waals surface area contributed by atoms with Gasteiger partial charge >= 0.3 is 6.18 Å². The summed E-state index contributed by atoms with van der Waals surface area (Å²) in [5.74, 6) is -0.133. The molecule has 0 fully saturated rings. The topological polar surface area (TPSA) is 56.8 Å². The molecule has 0 unspecified atom stereocenters. The summed E-state index contributed by atoms with van der Waals surface area (Å²) in [4.78, 5) is 15.5. The molecule has 0 spiro atoms. The van der Waals surface area contributed by atoms with Crippen LogP contribution < -0.4 is 15.0 Å². The van der Waals surface area contributed by atoms with E-state index in [0.717, 1.165) is 0 Å². The lowest BCUT2D eigenvalue weighted by Gasteiger charge is -2.10. The van der Waals surface area contributed by atoms with E-state index in [2.05, 4.69) is 4.84 Å². The Labute approximate surface area is 107 Å². The van der Waals surface area contributed by atoms with Crippen molar-refractivity contribution in [2.24, 2.45) is 0 Å². The van der Waals surface area contributed by atoms with Crippen molar-refractivity contribution >= 4 is 5.91 Å². The van der Waals surface area contributed by atoms with Gasteiger partial charge in [0.2, 0.25) is 0 Å². The molecule has 0 aliphatic carbocycles. The number of hydrogen-bond acceptors (Lipinski definition) is 4. The molecule has 0 aliphatic heterocycles. The van der Waals surface area contributed by atoms with E-state index in [1.54, 1.807) is 5.48 Å². The Balaban J connectivity index is 2.67. The zero-order valence-electron chi connectivity index (χ0n) is 10.2. The highest BCUT2D eigenvalue weighted by Crippen LogP contribution is 2.27. The third-order valence-corrected chi connectivity index (χ3v) is 2.05. The van der Waals surface area contributed by atoms with Crippen LogP contribution in [0.4, 0.5) is 13.2 Å². The van der Waals surface area contributed by atoms with Gasteiger partial charge < -0.3 is 9.47 Å². The lowest BCUT2D eigenvalue weighted by Crippen LogP contribution is -2.29. The average Bonchev–Trinajstić information content (AvgIpc) is 2.36. The SMILES string of the molecule is COc1ccc(C(=O)NOCC(F)(F)F)cc1OC. The average molecular weight is 279 g/mol. The van der Waals surface area contributed by atoms with E-state index in [1.165, 1.54) is 32.4 Å². The Kier molecular flexibility index (Phi) is 4.99. The van der Waals surface area contributed by atoms with E-state index in [0.29, 0.717) is 5.75 Å². The molecule has 1 rings (SSSR count). The zero-order chi connectivity index (χ0) is 14.5. The molecule has 5 nitrogen and oxygen atoms in total. The maximum absolute atomic E-state index is 11.8. The van der Waals surface area contributed by atoms with Gasteiger partial charge in [-0.15, -0.1) is 0 Å². The Morgan fingerprint density at radius 1 is 1.21 bits per heavy atom. The van der Waals surface area contributed by atoms with Crippen molar-refractivity contribution < 1.29 is 32.3 Å². The molecule has 106 valence electrons. The molecule has 0 bridgehead atoms. The van der Waals surface area contributed by atoms with Crippen LogP contribution in [0.3, 0.4) is 0 Å². The minimum atomic E-state index is -4.51. The van der Waals surface area contributed by atoms with E-state index in [-0.39, 0.29) is 11.3 Å². The number of hydrogen-bond donors (Lipinski definition) is 1. The summed E-state index contributed by atoms with van der Waals surface area (Å²) < 4.78 is 45.4. The van der Waals surface area contributed by atoms with E-state index < -0.39 is 18.7 Å². The third kappa shape index (κ3) is 4.66. The van der Waals surface area contributed by atoms with Gasteiger partial charge in [0.25, 0.3) is 5.91 Å². The first kappa shape index (κ1) is 15.1. The number of halogens is 3. The second-order valence-electron chi connectivity index (χ2n) is 3.40. The number of benzene rings is 1. The van der Waals surface area contributed by atoms with Crippen molar-refractivity contribution in [3.05, 3.63) is 23.8 Å². The minimum Gasteiger partial charge on any atom is -0.493 e. The summed E-state index contributed by atoms with van der Waals surface area (Å²) in [5, 5.41) is 0. The molecule has 1 aromatic carbocycles. The van der Waals surface area contributed by atoms with Crippen LogP contribution in [0.5, 0.6) is 11.5 Å². The first-order valence-corrected chi connectivity index (χ1v) is 5.08. The number of hydroxylamine groups is 1. The molecule has 0 aromatic heterocycles. The Morgan fingerprint density at radius 2 is 1.84 bits per heavy atom. The molecule has 0 atom stereocenters. The van der Waals surface area contributed by atoms with Gasteiger partial charge in [-0.1, -0.05) is 0 Å². The van der Waals surface area contributed by atoms with E-state index >= 15 is 0 Å². The first-order chi connectivity index (χ1) is 8.87. The highest BCUT2D eigenvalue weighted by molar-refractivity contribution is 5.94. The lowest BCUT2D eigenvalue weighted by molar-refractivity contribution is -0.184. The summed E-state index contributed by atoms with van der Waals surface area (Å²) in [7, 11) is 2.80. The van der Waals surface area contributed by atoms with Crippen LogP contribution in [0.15, 0.2) is 18.2 Å². The number of alkyl halides is 3. The number of rotatable bonds is 5. The fraction of sp³-hybridized carbons (Fsp3) is 0.364. The molecule has 0 saturated heterocycles. The number of carbonyl (C=O) groups is 1. The highest BCUT2D eigenvalue weighted by atomic mass is 19.4. The fourth-order valence-corrected chi connectivity index (χ4v) is 1.22. The fourth-order valence-electron chi connectivity index (χ4n) is 1.22. The molecule has 8 heteroatoms. The molecule has 1 aromatic rings. The van der Waals surface area contributed by atoms with Crippen molar-refractivity contribution in [1.82, 2.24) is 5.48 Å². The lowest BCUT2D eigenvalue weighted by atomic mass is 10.2. The van der Waals surface area contributed by atoms with Gasteiger partial charge in [-0.25, -0.2) is 5.48 Å². The first-order valence-electron chi connectivity index (χ1n) is 5.08. The predicted molar refractivity (Wildman–Crippen MR) is 59.0 cm³/mol. The van der Waals surface area contributed by atoms with Crippen LogP contribution in [0.25, 0.3) is 0 Å². The van der Waals surface area contributed by atoms with E-state index in [1.807, 2.05) is 0 Å². The molecule has 1 N–H and O–H groups in total. The molecule has 0 radical (unpaired) electrons. The number of ether oxygens (including phenoxy) is 2. The zero-order valence-corrected chi connectivity index (χ0v) is 10.2. The Hall–Kier alpha value is -1.96. The van der Waals surface area contributed by atoms with Gasteiger partial charge in [0.1, 0.15) is 0 Å². The van der Waals surface area contributed by atoms with Crippen LogP contribution in [0.2, 0.25) is 0 Å². The van der Waals surface area contributed by atoms with Crippen molar-refractivity contribution in [3.8, 4) is 11.5 Å². The van der Waals surface area contributed by atoms with Crippen molar-refractivity contribution in [1.29, 1.82) is 0 Å². The van der Waals surface area contributed by atoms with Gasteiger partial charge in [0.05, 0.1) is 14.2 Å². The summed E-state index contributed by atoms with van der Waals surface area (Å²) in [5.41, 5.74) is 1.77. The second-order valence-corrected chi connectivity index (χ2v) is 3.40. The highest BCUT2D eigenvalue weighted by Gasteiger charge is 2.28. The monoisotopic (exact) mass is 279 g/mol. The van der Waals surface area contributed by atoms with Crippen LogP contribution in [-0.2, 0) is 4.84 Å². The number of nitrogens with one attached hydrogen (secondary N) is 1. The van der Waals surface area contributed by atoms with E-state index in [4.69, 9.17) is 9.47 Å². The maximum Gasteiger partial charge on any atom is 0.414 e. The summed E-state index contributed by atoms with van der Waals surface area (Å²) in [6.07, 6.45) is -4.51. The van der Waals surface area contributed by atoms with Crippen molar-refractivity contribution in [2.75, 3.05) is 20.8 Å². The molecule has 0 heterocycles. The van der Waals surface area contributed by atoms with Gasteiger partial charge in [-0.05, 0) is 18.2 Å². The molecule has 1 amide bonds. The molecule has 0 aliphatic rings. The maximum atomic E-state index is 11.8. The Morgan fingerprint density at radius 3 is 2.37 bits per heavy atom. The number of carbonyl (C=O) groups excluding carboxylic acids is 1. The summed E-state index contributed by atoms with van der Waals surface area (Å²) >= 11 is 0. The van der Waals surface area contributed by atoms with Gasteiger partial charge in [-0.2, -0.15) is 13.2 Å². The van der Waals surface area contributed by atoms with Crippen LogP contribution >= 0.6 is 0 Å².